The predicted octanol–water partition coefficient (Wildman–Crippen LogP) is 0.394. The van der Waals surface area contributed by atoms with Crippen LogP contribution in [0.3, 0.4) is 0 Å². The Bertz CT molecular complexity index is 219. The first-order chi connectivity index (χ1) is 5.25. The lowest BCUT2D eigenvalue weighted by atomic mass is 10.1. The Hall–Kier alpha value is -0.900. The molecule has 1 N–H and O–H groups in total. The second kappa shape index (κ2) is 3.48. The molecule has 1 aromatic heterocycles. The fourth-order valence-corrected chi connectivity index (χ4v) is 0.981. The van der Waals surface area contributed by atoms with E-state index in [9.17, 15) is 0 Å². The third kappa shape index (κ3) is 1.77. The van der Waals surface area contributed by atoms with Crippen LogP contribution in [0.2, 0.25) is 0 Å². The average molecular weight is 155 g/mol. The van der Waals surface area contributed by atoms with E-state index in [1.165, 1.54) is 0 Å². The van der Waals surface area contributed by atoms with Gasteiger partial charge >= 0.3 is 0 Å². The van der Waals surface area contributed by atoms with Crippen LogP contribution in [-0.2, 0) is 6.54 Å². The SMILES string of the molecule is CC(C)c1cnnn1CCO. The molecule has 0 aromatic carbocycles. The molecule has 62 valence electrons. The van der Waals surface area contributed by atoms with Crippen molar-refractivity contribution in [2.75, 3.05) is 6.61 Å². The van der Waals surface area contributed by atoms with Crippen molar-refractivity contribution in [2.45, 2.75) is 26.3 Å². The second-order valence-corrected chi connectivity index (χ2v) is 2.76. The Kier molecular flexibility index (Phi) is 2.59. The average Bonchev–Trinajstić information content (AvgIpc) is 2.36. The van der Waals surface area contributed by atoms with Crippen LogP contribution in [-0.4, -0.2) is 26.7 Å². The number of hydrogen-bond acceptors (Lipinski definition) is 3. The van der Waals surface area contributed by atoms with E-state index in [1.54, 1.807) is 10.9 Å². The van der Waals surface area contributed by atoms with Crippen molar-refractivity contribution in [1.82, 2.24) is 15.0 Å². The molecule has 0 aliphatic rings. The number of nitrogens with zero attached hydrogens (tertiary/aromatic N) is 3. The minimum atomic E-state index is 0.114. The zero-order valence-corrected chi connectivity index (χ0v) is 6.86. The minimum Gasteiger partial charge on any atom is -0.394 e. The van der Waals surface area contributed by atoms with Crippen LogP contribution in [0.25, 0.3) is 0 Å². The maximum Gasteiger partial charge on any atom is 0.0727 e. The summed E-state index contributed by atoms with van der Waals surface area (Å²) in [5.74, 6) is 0.413. The molecule has 0 atom stereocenters. The lowest BCUT2D eigenvalue weighted by Gasteiger charge is -2.05. The van der Waals surface area contributed by atoms with Gasteiger partial charge in [-0.3, -0.25) is 0 Å². The summed E-state index contributed by atoms with van der Waals surface area (Å²) in [4.78, 5) is 0. The molecule has 0 unspecified atom stereocenters. The highest BCUT2D eigenvalue weighted by Crippen LogP contribution is 2.10. The first kappa shape index (κ1) is 8.20. The van der Waals surface area contributed by atoms with Gasteiger partial charge in [0.25, 0.3) is 0 Å². The molecule has 0 bridgehead atoms. The van der Waals surface area contributed by atoms with Crippen molar-refractivity contribution in [3.8, 4) is 0 Å². The van der Waals surface area contributed by atoms with Gasteiger partial charge in [-0.25, -0.2) is 4.68 Å². The Morgan fingerprint density at radius 3 is 2.91 bits per heavy atom. The van der Waals surface area contributed by atoms with Crippen molar-refractivity contribution in [2.24, 2.45) is 0 Å². The minimum absolute atomic E-state index is 0.114. The topological polar surface area (TPSA) is 50.9 Å². The summed E-state index contributed by atoms with van der Waals surface area (Å²) in [6.07, 6.45) is 1.74. The number of hydrogen-bond donors (Lipinski definition) is 1. The summed E-state index contributed by atoms with van der Waals surface area (Å²) in [6.45, 7) is 4.80. The van der Waals surface area contributed by atoms with Crippen LogP contribution in [0.4, 0.5) is 0 Å². The van der Waals surface area contributed by atoms with E-state index in [4.69, 9.17) is 5.11 Å². The molecule has 0 spiro atoms. The first-order valence-electron chi connectivity index (χ1n) is 3.75. The van der Waals surface area contributed by atoms with Gasteiger partial charge in [0.15, 0.2) is 0 Å². The lowest BCUT2D eigenvalue weighted by Crippen LogP contribution is -2.08. The predicted molar refractivity (Wildman–Crippen MR) is 41.2 cm³/mol. The maximum atomic E-state index is 8.66. The molecule has 0 aliphatic carbocycles. The van der Waals surface area contributed by atoms with Gasteiger partial charge in [0.1, 0.15) is 0 Å². The van der Waals surface area contributed by atoms with E-state index in [2.05, 4.69) is 24.2 Å². The summed E-state index contributed by atoms with van der Waals surface area (Å²) in [5, 5.41) is 16.3. The molecule has 0 aliphatic heterocycles. The van der Waals surface area contributed by atoms with E-state index in [-0.39, 0.29) is 6.61 Å². The fourth-order valence-electron chi connectivity index (χ4n) is 0.981. The third-order valence-corrected chi connectivity index (χ3v) is 1.55. The molecule has 0 saturated carbocycles. The standard InChI is InChI=1S/C7H13N3O/c1-6(2)7-5-8-9-10(7)3-4-11/h5-6,11H,3-4H2,1-2H3. The van der Waals surface area contributed by atoms with E-state index in [0.29, 0.717) is 12.5 Å². The van der Waals surface area contributed by atoms with E-state index >= 15 is 0 Å². The van der Waals surface area contributed by atoms with Crippen molar-refractivity contribution in [3.05, 3.63) is 11.9 Å². The van der Waals surface area contributed by atoms with Crippen LogP contribution in [0.5, 0.6) is 0 Å². The molecule has 0 amide bonds. The highest BCUT2D eigenvalue weighted by molar-refractivity contribution is 4.99. The van der Waals surface area contributed by atoms with Gasteiger partial charge in [0, 0.05) is 0 Å². The van der Waals surface area contributed by atoms with Crippen LogP contribution < -0.4 is 0 Å². The molecule has 1 rings (SSSR count). The highest BCUT2D eigenvalue weighted by atomic mass is 16.3. The molecule has 4 heteroatoms. The summed E-state index contributed by atoms with van der Waals surface area (Å²) in [6, 6.07) is 0. The van der Waals surface area contributed by atoms with Crippen molar-refractivity contribution < 1.29 is 5.11 Å². The van der Waals surface area contributed by atoms with Crippen LogP contribution in [0.15, 0.2) is 6.20 Å². The number of aliphatic hydroxyl groups is 1. The Morgan fingerprint density at radius 1 is 1.64 bits per heavy atom. The molecular weight excluding hydrogens is 142 g/mol. The van der Waals surface area contributed by atoms with Crippen molar-refractivity contribution in [1.29, 1.82) is 0 Å². The fraction of sp³-hybridized carbons (Fsp3) is 0.714. The van der Waals surface area contributed by atoms with E-state index < -0.39 is 0 Å². The molecule has 11 heavy (non-hydrogen) atoms. The molecule has 0 radical (unpaired) electrons. The van der Waals surface area contributed by atoms with Crippen LogP contribution in [0.1, 0.15) is 25.5 Å². The van der Waals surface area contributed by atoms with E-state index in [0.717, 1.165) is 5.69 Å². The van der Waals surface area contributed by atoms with Gasteiger partial charge in [0.05, 0.1) is 25.0 Å². The van der Waals surface area contributed by atoms with Gasteiger partial charge in [0.2, 0.25) is 0 Å². The van der Waals surface area contributed by atoms with Crippen molar-refractivity contribution >= 4 is 0 Å². The quantitative estimate of drug-likeness (QED) is 0.687. The van der Waals surface area contributed by atoms with Crippen LogP contribution in [0, 0.1) is 0 Å². The zero-order valence-electron chi connectivity index (χ0n) is 6.86. The molecule has 4 nitrogen and oxygen atoms in total. The smallest absolute Gasteiger partial charge is 0.0727 e. The second-order valence-electron chi connectivity index (χ2n) is 2.76. The monoisotopic (exact) mass is 155 g/mol. The molecule has 1 aromatic rings. The third-order valence-electron chi connectivity index (χ3n) is 1.55. The normalized spacial score (nSPS) is 10.9. The van der Waals surface area contributed by atoms with Gasteiger partial charge in [-0.1, -0.05) is 19.1 Å². The molecule has 0 saturated heterocycles. The molecule has 1 heterocycles. The Balaban J connectivity index is 2.78. The largest absolute Gasteiger partial charge is 0.394 e. The summed E-state index contributed by atoms with van der Waals surface area (Å²) in [5.41, 5.74) is 1.07. The maximum absolute atomic E-state index is 8.66. The van der Waals surface area contributed by atoms with Gasteiger partial charge in [-0.05, 0) is 5.92 Å². The zero-order chi connectivity index (χ0) is 8.27. The van der Waals surface area contributed by atoms with Crippen molar-refractivity contribution in [3.63, 3.8) is 0 Å². The summed E-state index contributed by atoms with van der Waals surface area (Å²) in [7, 11) is 0. The molecule has 0 fully saturated rings. The highest BCUT2D eigenvalue weighted by Gasteiger charge is 2.05. The summed E-state index contributed by atoms with van der Waals surface area (Å²) >= 11 is 0. The Morgan fingerprint density at radius 2 is 2.36 bits per heavy atom. The summed E-state index contributed by atoms with van der Waals surface area (Å²) < 4.78 is 1.73. The Labute approximate surface area is 65.8 Å². The van der Waals surface area contributed by atoms with Crippen LogP contribution >= 0.6 is 0 Å². The number of aromatic nitrogens is 3. The number of rotatable bonds is 3. The first-order valence-corrected chi connectivity index (χ1v) is 3.75. The molecular formula is C7H13N3O. The van der Waals surface area contributed by atoms with Gasteiger partial charge in [-0.2, -0.15) is 0 Å². The van der Waals surface area contributed by atoms with Gasteiger partial charge in [-0.15, -0.1) is 5.10 Å². The number of aliphatic hydroxyl groups excluding tert-OH is 1. The van der Waals surface area contributed by atoms with E-state index in [1.807, 2.05) is 0 Å². The lowest BCUT2D eigenvalue weighted by molar-refractivity contribution is 0.265. The van der Waals surface area contributed by atoms with Gasteiger partial charge < -0.3 is 5.11 Å².